The molecule has 0 spiro atoms. The molecule has 130 valence electrons. The molecule has 0 aliphatic carbocycles. The van der Waals surface area contributed by atoms with Crippen LogP contribution in [0.2, 0.25) is 0 Å². The number of methoxy groups -OCH3 is 1. The Morgan fingerprint density at radius 3 is 2.46 bits per heavy atom. The van der Waals surface area contributed by atoms with Crippen molar-refractivity contribution in [3.8, 4) is 0 Å². The van der Waals surface area contributed by atoms with Crippen LogP contribution in [-0.4, -0.2) is 34.1 Å². The second kappa shape index (κ2) is 9.08. The quantitative estimate of drug-likeness (QED) is 0.228. The molecule has 0 aromatic heterocycles. The van der Waals surface area contributed by atoms with Gasteiger partial charge in [-0.05, 0) is 30.4 Å². The normalized spacial score (nSPS) is 11.8. The molecule has 0 fully saturated rings. The summed E-state index contributed by atoms with van der Waals surface area (Å²) in [5.41, 5.74) is 0.657. The van der Waals surface area contributed by atoms with Gasteiger partial charge in [0.1, 0.15) is 6.17 Å². The standard InChI is InChI=1S/C14H14Cl3N3O3S/c1-3-10(21)19-12(14(15,16)17)20-13(24)18-9-7-5-4-6-8(9)11(22)23-2/h3-7,12H,1H2,2H3,(H,19,21)(H2,18,20,24)/t12-/m1/s1. The average molecular weight is 411 g/mol. The van der Waals surface area contributed by atoms with Crippen LogP contribution in [0.3, 0.4) is 0 Å². The highest BCUT2D eigenvalue weighted by atomic mass is 35.6. The van der Waals surface area contributed by atoms with E-state index in [2.05, 4.69) is 27.3 Å². The van der Waals surface area contributed by atoms with Gasteiger partial charge < -0.3 is 20.7 Å². The third kappa shape index (κ3) is 6.16. The summed E-state index contributed by atoms with van der Waals surface area (Å²) in [7, 11) is 1.26. The van der Waals surface area contributed by atoms with Crippen LogP contribution in [0.25, 0.3) is 0 Å². The highest BCUT2D eigenvalue weighted by molar-refractivity contribution is 7.80. The van der Waals surface area contributed by atoms with E-state index in [0.717, 1.165) is 6.08 Å². The first-order chi connectivity index (χ1) is 11.2. The SMILES string of the molecule is C=CC(=O)N[C@H](NC(=S)Nc1ccccc1C(=O)OC)C(Cl)(Cl)Cl. The van der Waals surface area contributed by atoms with Gasteiger partial charge in [-0.1, -0.05) is 53.5 Å². The van der Waals surface area contributed by atoms with Gasteiger partial charge in [-0.2, -0.15) is 0 Å². The molecule has 0 bridgehead atoms. The highest BCUT2D eigenvalue weighted by Crippen LogP contribution is 2.29. The van der Waals surface area contributed by atoms with Gasteiger partial charge in [-0.25, -0.2) is 4.79 Å². The number of para-hydroxylation sites is 1. The van der Waals surface area contributed by atoms with Crippen molar-refractivity contribution in [1.82, 2.24) is 10.6 Å². The molecule has 10 heteroatoms. The molecule has 0 aliphatic rings. The molecule has 1 rings (SSSR count). The minimum absolute atomic E-state index is 0.0204. The molecule has 0 aliphatic heterocycles. The van der Waals surface area contributed by atoms with Gasteiger partial charge in [0, 0.05) is 0 Å². The van der Waals surface area contributed by atoms with Crippen molar-refractivity contribution in [2.45, 2.75) is 9.96 Å². The number of rotatable bonds is 5. The van der Waals surface area contributed by atoms with Gasteiger partial charge >= 0.3 is 5.97 Å². The lowest BCUT2D eigenvalue weighted by molar-refractivity contribution is -0.117. The molecular weight excluding hydrogens is 397 g/mol. The zero-order chi connectivity index (χ0) is 18.3. The van der Waals surface area contributed by atoms with Crippen molar-refractivity contribution in [2.75, 3.05) is 12.4 Å². The molecule has 1 aromatic carbocycles. The molecule has 0 radical (unpaired) electrons. The van der Waals surface area contributed by atoms with Gasteiger partial charge in [-0.3, -0.25) is 4.79 Å². The fourth-order valence-corrected chi connectivity index (χ4v) is 2.13. The number of thiocarbonyl (C=S) groups is 1. The van der Waals surface area contributed by atoms with Crippen LogP contribution >= 0.6 is 47.0 Å². The number of carbonyl (C=O) groups is 2. The monoisotopic (exact) mass is 409 g/mol. The van der Waals surface area contributed by atoms with E-state index in [0.29, 0.717) is 5.69 Å². The summed E-state index contributed by atoms with van der Waals surface area (Å²) >= 11 is 22.6. The lowest BCUT2D eigenvalue weighted by atomic mass is 10.2. The fourth-order valence-electron chi connectivity index (χ4n) is 1.57. The van der Waals surface area contributed by atoms with E-state index in [9.17, 15) is 9.59 Å². The van der Waals surface area contributed by atoms with Crippen molar-refractivity contribution in [3.05, 3.63) is 42.5 Å². The van der Waals surface area contributed by atoms with Crippen molar-refractivity contribution in [1.29, 1.82) is 0 Å². The van der Waals surface area contributed by atoms with Crippen molar-refractivity contribution >= 4 is 69.7 Å². The zero-order valence-electron chi connectivity index (χ0n) is 12.4. The van der Waals surface area contributed by atoms with Crippen LogP contribution in [0.5, 0.6) is 0 Å². The van der Waals surface area contributed by atoms with Crippen LogP contribution in [0.4, 0.5) is 5.69 Å². The van der Waals surface area contributed by atoms with Crippen molar-refractivity contribution in [2.24, 2.45) is 0 Å². The molecule has 1 aromatic rings. The largest absolute Gasteiger partial charge is 0.465 e. The number of nitrogens with one attached hydrogen (secondary N) is 3. The summed E-state index contributed by atoms with van der Waals surface area (Å²) in [6, 6.07) is 6.54. The first-order valence-electron chi connectivity index (χ1n) is 6.43. The molecule has 1 atom stereocenters. The maximum absolute atomic E-state index is 11.7. The molecular formula is C14H14Cl3N3O3S. The Bertz CT molecular complexity index is 650. The Kier molecular flexibility index (Phi) is 7.75. The van der Waals surface area contributed by atoms with E-state index < -0.39 is 21.8 Å². The number of benzene rings is 1. The average Bonchev–Trinajstić information content (AvgIpc) is 2.52. The Morgan fingerprint density at radius 1 is 1.29 bits per heavy atom. The van der Waals surface area contributed by atoms with Crippen LogP contribution in [0.1, 0.15) is 10.4 Å². The van der Waals surface area contributed by atoms with Gasteiger partial charge in [0.2, 0.25) is 9.70 Å². The maximum Gasteiger partial charge on any atom is 0.339 e. The van der Waals surface area contributed by atoms with E-state index >= 15 is 0 Å². The molecule has 0 unspecified atom stereocenters. The lowest BCUT2D eigenvalue weighted by Crippen LogP contribution is -2.55. The number of hydrogen-bond acceptors (Lipinski definition) is 4. The third-order valence-corrected chi connectivity index (χ3v) is 3.53. The molecule has 0 heterocycles. The minimum Gasteiger partial charge on any atom is -0.465 e. The Morgan fingerprint density at radius 2 is 1.92 bits per heavy atom. The molecule has 0 saturated heterocycles. The summed E-state index contributed by atoms with van der Waals surface area (Å²) in [5, 5.41) is 7.84. The van der Waals surface area contributed by atoms with Gasteiger partial charge in [0.25, 0.3) is 0 Å². The maximum atomic E-state index is 11.7. The van der Waals surface area contributed by atoms with E-state index in [1.54, 1.807) is 24.3 Å². The number of carbonyl (C=O) groups excluding carboxylic acids is 2. The van der Waals surface area contributed by atoms with Crippen LogP contribution in [0.15, 0.2) is 36.9 Å². The summed E-state index contributed by atoms with van der Waals surface area (Å²) in [6.07, 6.45) is -0.105. The Balaban J connectivity index is 2.89. The second-order valence-corrected chi connectivity index (χ2v) is 7.10. The third-order valence-electron chi connectivity index (χ3n) is 2.66. The van der Waals surface area contributed by atoms with Crippen molar-refractivity contribution in [3.63, 3.8) is 0 Å². The van der Waals surface area contributed by atoms with Crippen LogP contribution in [-0.2, 0) is 9.53 Å². The summed E-state index contributed by atoms with van der Waals surface area (Å²) < 4.78 is 2.80. The lowest BCUT2D eigenvalue weighted by Gasteiger charge is -2.27. The summed E-state index contributed by atoms with van der Waals surface area (Å²) in [5.74, 6) is -1.10. The van der Waals surface area contributed by atoms with Crippen LogP contribution < -0.4 is 16.0 Å². The fraction of sp³-hybridized carbons (Fsp3) is 0.214. The predicted molar refractivity (Wildman–Crippen MR) is 99.6 cm³/mol. The van der Waals surface area contributed by atoms with Gasteiger partial charge in [0.15, 0.2) is 5.11 Å². The highest BCUT2D eigenvalue weighted by Gasteiger charge is 2.34. The van der Waals surface area contributed by atoms with E-state index in [1.165, 1.54) is 7.11 Å². The molecule has 3 N–H and O–H groups in total. The Hall–Kier alpha value is -1.54. The minimum atomic E-state index is -1.88. The first-order valence-corrected chi connectivity index (χ1v) is 7.97. The summed E-state index contributed by atoms with van der Waals surface area (Å²) in [6.45, 7) is 3.31. The number of hydrogen-bond donors (Lipinski definition) is 3. The Labute approximate surface area is 159 Å². The second-order valence-electron chi connectivity index (χ2n) is 4.32. The molecule has 1 amide bonds. The number of amides is 1. The first kappa shape index (κ1) is 20.5. The van der Waals surface area contributed by atoms with E-state index in [4.69, 9.17) is 47.0 Å². The van der Waals surface area contributed by atoms with Crippen LogP contribution in [0, 0.1) is 0 Å². The smallest absolute Gasteiger partial charge is 0.339 e. The predicted octanol–water partition coefficient (Wildman–Crippen LogP) is 2.76. The number of esters is 1. The molecule has 6 nitrogen and oxygen atoms in total. The van der Waals surface area contributed by atoms with Gasteiger partial charge in [-0.15, -0.1) is 0 Å². The van der Waals surface area contributed by atoms with Crippen molar-refractivity contribution < 1.29 is 14.3 Å². The van der Waals surface area contributed by atoms with E-state index in [-0.39, 0.29) is 10.7 Å². The van der Waals surface area contributed by atoms with Gasteiger partial charge in [0.05, 0.1) is 18.4 Å². The number of alkyl halides is 3. The zero-order valence-corrected chi connectivity index (χ0v) is 15.5. The number of halogens is 3. The molecule has 24 heavy (non-hydrogen) atoms. The van der Waals surface area contributed by atoms with E-state index in [1.807, 2.05) is 0 Å². The summed E-state index contributed by atoms with van der Waals surface area (Å²) in [4.78, 5) is 23.1. The number of ether oxygens (including phenoxy) is 1. The topological polar surface area (TPSA) is 79.5 Å². The number of anilines is 1. The molecule has 0 saturated carbocycles.